The van der Waals surface area contributed by atoms with Crippen LogP contribution in [0.1, 0.15) is 18.5 Å². The Morgan fingerprint density at radius 1 is 1.28 bits per heavy atom. The van der Waals surface area contributed by atoms with E-state index in [1.54, 1.807) is 12.1 Å². The van der Waals surface area contributed by atoms with E-state index in [-0.39, 0.29) is 23.9 Å². The number of amides is 1. The molecule has 128 valence electrons. The lowest BCUT2D eigenvalue weighted by Gasteiger charge is -2.15. The maximum Gasteiger partial charge on any atom is 0.261 e. The summed E-state index contributed by atoms with van der Waals surface area (Å²) in [4.78, 5) is 28.7. The highest BCUT2D eigenvalue weighted by Crippen LogP contribution is 2.16. The molecule has 1 N–H and O–H groups in total. The number of carbonyl (C=O) groups excluding carboxylic acids is 1. The van der Waals surface area contributed by atoms with Crippen LogP contribution in [0, 0.1) is 5.82 Å². The van der Waals surface area contributed by atoms with Gasteiger partial charge in [0.15, 0.2) is 0 Å². The first-order valence-electron chi connectivity index (χ1n) is 7.63. The van der Waals surface area contributed by atoms with Crippen molar-refractivity contribution >= 4 is 28.4 Å². The highest BCUT2D eigenvalue weighted by atomic mass is 35.5. The average molecular weight is 360 g/mol. The Balaban J connectivity index is 1.76. The third kappa shape index (κ3) is 3.85. The molecule has 1 amide bonds. The molecule has 3 aromatic rings. The van der Waals surface area contributed by atoms with Gasteiger partial charge in [0.05, 0.1) is 23.3 Å². The van der Waals surface area contributed by atoms with Gasteiger partial charge in [0.2, 0.25) is 5.91 Å². The molecular formula is C18H15ClFN3O2. The molecule has 0 fully saturated rings. The van der Waals surface area contributed by atoms with E-state index < -0.39 is 11.4 Å². The Hall–Kier alpha value is -2.73. The zero-order chi connectivity index (χ0) is 18.0. The minimum absolute atomic E-state index is 0.140. The Kier molecular flexibility index (Phi) is 4.81. The van der Waals surface area contributed by atoms with Gasteiger partial charge in [-0.05, 0) is 42.8 Å². The third-order valence-corrected chi connectivity index (χ3v) is 4.10. The minimum Gasteiger partial charge on any atom is -0.348 e. The zero-order valence-electron chi connectivity index (χ0n) is 13.4. The van der Waals surface area contributed by atoms with Gasteiger partial charge in [0, 0.05) is 5.02 Å². The predicted octanol–water partition coefficient (Wildman–Crippen LogP) is 3.07. The fourth-order valence-corrected chi connectivity index (χ4v) is 2.65. The van der Waals surface area contributed by atoms with E-state index in [1.165, 1.54) is 18.5 Å². The maximum atomic E-state index is 13.3. The molecule has 0 bridgehead atoms. The summed E-state index contributed by atoms with van der Waals surface area (Å²) in [5.74, 6) is -0.868. The smallest absolute Gasteiger partial charge is 0.261 e. The van der Waals surface area contributed by atoms with Crippen LogP contribution < -0.4 is 10.9 Å². The summed E-state index contributed by atoms with van der Waals surface area (Å²) in [5.41, 5.74) is 0.820. The average Bonchev–Trinajstić information content (AvgIpc) is 2.58. The Labute approximate surface area is 148 Å². The highest BCUT2D eigenvalue weighted by Gasteiger charge is 2.12. The van der Waals surface area contributed by atoms with E-state index in [4.69, 9.17) is 11.6 Å². The first-order chi connectivity index (χ1) is 11.9. The normalized spacial score (nSPS) is 12.1. The topological polar surface area (TPSA) is 64.0 Å². The van der Waals surface area contributed by atoms with Gasteiger partial charge in [-0.25, -0.2) is 9.37 Å². The summed E-state index contributed by atoms with van der Waals surface area (Å²) >= 11 is 5.85. The molecule has 1 aromatic heterocycles. The Bertz CT molecular complexity index is 986. The number of fused-ring (bicyclic) bond motifs is 1. The molecule has 25 heavy (non-hydrogen) atoms. The van der Waals surface area contributed by atoms with Crippen molar-refractivity contribution in [2.45, 2.75) is 19.5 Å². The van der Waals surface area contributed by atoms with Gasteiger partial charge >= 0.3 is 0 Å². The van der Waals surface area contributed by atoms with Crippen molar-refractivity contribution in [3.8, 4) is 0 Å². The van der Waals surface area contributed by atoms with Crippen LogP contribution in [0.4, 0.5) is 4.39 Å². The van der Waals surface area contributed by atoms with Crippen molar-refractivity contribution < 1.29 is 9.18 Å². The minimum atomic E-state index is -0.523. The third-order valence-electron chi connectivity index (χ3n) is 3.85. The second kappa shape index (κ2) is 7.03. The number of hydrogen-bond donors (Lipinski definition) is 1. The molecule has 0 aliphatic rings. The van der Waals surface area contributed by atoms with E-state index in [1.807, 2.05) is 19.1 Å². The van der Waals surface area contributed by atoms with E-state index in [0.717, 1.165) is 16.2 Å². The second-order valence-corrected chi connectivity index (χ2v) is 6.12. The quantitative estimate of drug-likeness (QED) is 0.778. The molecule has 1 atom stereocenters. The molecular weight excluding hydrogens is 345 g/mol. The molecule has 0 spiro atoms. The lowest BCUT2D eigenvalue weighted by atomic mass is 10.1. The van der Waals surface area contributed by atoms with Crippen LogP contribution in [0.15, 0.2) is 53.6 Å². The highest BCUT2D eigenvalue weighted by molar-refractivity contribution is 6.30. The van der Waals surface area contributed by atoms with Gasteiger partial charge < -0.3 is 5.32 Å². The zero-order valence-corrected chi connectivity index (χ0v) is 14.1. The Morgan fingerprint density at radius 2 is 2.00 bits per heavy atom. The molecule has 5 nitrogen and oxygen atoms in total. The van der Waals surface area contributed by atoms with Gasteiger partial charge in [-0.1, -0.05) is 23.7 Å². The van der Waals surface area contributed by atoms with Crippen LogP contribution in [0.5, 0.6) is 0 Å². The van der Waals surface area contributed by atoms with Gasteiger partial charge in [-0.3, -0.25) is 14.2 Å². The van der Waals surface area contributed by atoms with Crippen molar-refractivity contribution in [1.82, 2.24) is 14.9 Å². The molecule has 0 radical (unpaired) electrons. The molecule has 3 rings (SSSR count). The summed E-state index contributed by atoms with van der Waals surface area (Å²) in [6.45, 7) is 1.63. The fourth-order valence-electron chi connectivity index (χ4n) is 2.52. The summed E-state index contributed by atoms with van der Waals surface area (Å²) in [6.07, 6.45) is 1.29. The van der Waals surface area contributed by atoms with Crippen LogP contribution in [0.3, 0.4) is 0 Å². The van der Waals surface area contributed by atoms with Gasteiger partial charge in [-0.15, -0.1) is 0 Å². The predicted molar refractivity (Wildman–Crippen MR) is 94.0 cm³/mol. The molecule has 0 saturated carbocycles. The SMILES string of the molecule is C[C@H](NC(=O)Cn1cnc2ccc(F)cc2c1=O)c1ccc(Cl)cc1. The maximum absolute atomic E-state index is 13.3. The van der Waals surface area contributed by atoms with E-state index in [0.29, 0.717) is 10.5 Å². The van der Waals surface area contributed by atoms with Crippen molar-refractivity contribution in [2.24, 2.45) is 0 Å². The number of hydrogen-bond acceptors (Lipinski definition) is 3. The van der Waals surface area contributed by atoms with Crippen LogP contribution in [0.2, 0.25) is 5.02 Å². The molecule has 2 aromatic carbocycles. The van der Waals surface area contributed by atoms with Crippen molar-refractivity contribution in [3.05, 3.63) is 75.5 Å². The lowest BCUT2D eigenvalue weighted by Crippen LogP contribution is -2.34. The number of rotatable bonds is 4. The van der Waals surface area contributed by atoms with E-state index in [9.17, 15) is 14.0 Å². The molecule has 0 aliphatic carbocycles. The largest absolute Gasteiger partial charge is 0.348 e. The monoisotopic (exact) mass is 359 g/mol. The first kappa shape index (κ1) is 17.1. The van der Waals surface area contributed by atoms with Crippen LogP contribution in [0.25, 0.3) is 10.9 Å². The van der Waals surface area contributed by atoms with Crippen molar-refractivity contribution in [3.63, 3.8) is 0 Å². The number of nitrogens with zero attached hydrogens (tertiary/aromatic N) is 2. The Morgan fingerprint density at radius 3 is 2.72 bits per heavy atom. The number of carbonyl (C=O) groups is 1. The molecule has 7 heteroatoms. The second-order valence-electron chi connectivity index (χ2n) is 5.68. The summed E-state index contributed by atoms with van der Waals surface area (Å²) in [6, 6.07) is 10.7. The van der Waals surface area contributed by atoms with Crippen LogP contribution in [-0.4, -0.2) is 15.5 Å². The molecule has 1 heterocycles. The fraction of sp³-hybridized carbons (Fsp3) is 0.167. The molecule has 0 aliphatic heterocycles. The van der Waals surface area contributed by atoms with Crippen LogP contribution >= 0.6 is 11.6 Å². The standard InChI is InChI=1S/C18H15ClFN3O2/c1-11(12-2-4-13(19)5-3-12)22-17(24)9-23-10-21-16-7-6-14(20)8-15(16)18(23)25/h2-8,10-11H,9H2,1H3,(H,22,24)/t11-/m0/s1. The van der Waals surface area contributed by atoms with Crippen LogP contribution in [-0.2, 0) is 11.3 Å². The van der Waals surface area contributed by atoms with Gasteiger partial charge in [0.25, 0.3) is 5.56 Å². The van der Waals surface area contributed by atoms with Crippen molar-refractivity contribution in [2.75, 3.05) is 0 Å². The van der Waals surface area contributed by atoms with Gasteiger partial charge in [0.1, 0.15) is 12.4 Å². The number of halogens is 2. The lowest BCUT2D eigenvalue weighted by molar-refractivity contribution is -0.122. The van der Waals surface area contributed by atoms with Crippen molar-refractivity contribution in [1.29, 1.82) is 0 Å². The summed E-state index contributed by atoms with van der Waals surface area (Å²) < 4.78 is 14.5. The van der Waals surface area contributed by atoms with Gasteiger partial charge in [-0.2, -0.15) is 0 Å². The number of nitrogens with one attached hydrogen (secondary N) is 1. The summed E-state index contributed by atoms with van der Waals surface area (Å²) in [7, 11) is 0. The number of benzene rings is 2. The molecule has 0 saturated heterocycles. The van der Waals surface area contributed by atoms with E-state index >= 15 is 0 Å². The van der Waals surface area contributed by atoms with E-state index in [2.05, 4.69) is 10.3 Å². The molecule has 0 unspecified atom stereocenters. The summed E-state index contributed by atoms with van der Waals surface area (Å²) in [5, 5.41) is 3.56. The first-order valence-corrected chi connectivity index (χ1v) is 8.01. The number of aromatic nitrogens is 2.